The third kappa shape index (κ3) is 9.37. The number of rotatable bonds is 14. The zero-order valence-corrected chi connectivity index (χ0v) is 29.5. The van der Waals surface area contributed by atoms with Gasteiger partial charge in [0.2, 0.25) is 11.8 Å². The van der Waals surface area contributed by atoms with E-state index in [0.717, 1.165) is 39.4 Å². The smallest absolute Gasteiger partial charge is 0.264 e. The normalized spacial score (nSPS) is 12.0. The quantitative estimate of drug-likeness (QED) is 0.137. The number of halogens is 2. The molecule has 7 nitrogen and oxygen atoms in total. The van der Waals surface area contributed by atoms with Crippen LogP contribution in [0.1, 0.15) is 47.6 Å². The van der Waals surface area contributed by atoms with Crippen molar-refractivity contribution in [1.82, 2.24) is 10.2 Å². The molecule has 0 saturated carbocycles. The first-order valence-electron chi connectivity index (χ1n) is 15.6. The number of amides is 2. The van der Waals surface area contributed by atoms with Crippen LogP contribution < -0.4 is 9.62 Å². The summed E-state index contributed by atoms with van der Waals surface area (Å²) in [6, 6.07) is 25.3. The number of aryl methyl sites for hydroxylation is 3. The number of hydrogen-bond acceptors (Lipinski definition) is 4. The molecule has 1 atom stereocenters. The fraction of sp³-hybridized carbons (Fsp3) is 0.297. The minimum absolute atomic E-state index is 0.000233. The van der Waals surface area contributed by atoms with Crippen LogP contribution in [0, 0.1) is 20.8 Å². The van der Waals surface area contributed by atoms with E-state index in [1.807, 2.05) is 64.1 Å². The third-order valence-corrected chi connectivity index (χ3v) is 10.6. The molecule has 0 aromatic heterocycles. The van der Waals surface area contributed by atoms with E-state index in [2.05, 4.69) is 5.32 Å². The van der Waals surface area contributed by atoms with Gasteiger partial charge < -0.3 is 10.2 Å². The zero-order valence-electron chi connectivity index (χ0n) is 27.2. The molecule has 1 N–H and O–H groups in total. The topological polar surface area (TPSA) is 86.8 Å². The molecule has 2 amide bonds. The molecule has 0 bridgehead atoms. The van der Waals surface area contributed by atoms with Crippen molar-refractivity contribution in [2.75, 3.05) is 17.4 Å². The van der Waals surface area contributed by atoms with Gasteiger partial charge in [-0.1, -0.05) is 96.7 Å². The molecule has 0 saturated heterocycles. The number of nitrogens with zero attached hydrogens (tertiary/aromatic N) is 2. The van der Waals surface area contributed by atoms with Crippen LogP contribution in [-0.2, 0) is 32.6 Å². The minimum atomic E-state index is -4.19. The van der Waals surface area contributed by atoms with Gasteiger partial charge in [0.15, 0.2) is 0 Å². The van der Waals surface area contributed by atoms with E-state index >= 15 is 0 Å². The van der Waals surface area contributed by atoms with Gasteiger partial charge >= 0.3 is 0 Å². The molecular formula is C37H41Cl2N3O4S. The number of carbonyl (C=O) groups is 2. The predicted octanol–water partition coefficient (Wildman–Crippen LogP) is 7.67. The molecule has 0 spiro atoms. The van der Waals surface area contributed by atoms with Crippen molar-refractivity contribution in [3.8, 4) is 0 Å². The van der Waals surface area contributed by atoms with E-state index in [1.165, 1.54) is 17.0 Å². The van der Waals surface area contributed by atoms with Gasteiger partial charge in [0.1, 0.15) is 12.6 Å². The Bertz CT molecular complexity index is 1800. The fourth-order valence-corrected chi connectivity index (χ4v) is 6.87. The summed E-state index contributed by atoms with van der Waals surface area (Å²) in [6.07, 6.45) is 1.89. The first kappa shape index (κ1) is 36.0. The van der Waals surface area contributed by atoms with Crippen molar-refractivity contribution in [3.63, 3.8) is 0 Å². The molecule has 0 aliphatic heterocycles. The molecule has 4 aromatic carbocycles. The minimum Gasteiger partial charge on any atom is -0.354 e. The first-order valence-corrected chi connectivity index (χ1v) is 17.8. The summed E-state index contributed by atoms with van der Waals surface area (Å²) in [6.45, 7) is 7.65. The van der Waals surface area contributed by atoms with Crippen molar-refractivity contribution in [2.24, 2.45) is 0 Å². The van der Waals surface area contributed by atoms with Crippen LogP contribution in [0.25, 0.3) is 0 Å². The second-order valence-corrected chi connectivity index (χ2v) is 14.4. The lowest BCUT2D eigenvalue weighted by molar-refractivity contribution is -0.140. The van der Waals surface area contributed by atoms with Crippen molar-refractivity contribution < 1.29 is 18.0 Å². The Morgan fingerprint density at radius 1 is 0.809 bits per heavy atom. The number of anilines is 1. The largest absolute Gasteiger partial charge is 0.354 e. The van der Waals surface area contributed by atoms with Gasteiger partial charge in [-0.15, -0.1) is 0 Å². The van der Waals surface area contributed by atoms with Gasteiger partial charge in [-0.3, -0.25) is 13.9 Å². The maximum absolute atomic E-state index is 14.6. The van der Waals surface area contributed by atoms with Crippen LogP contribution in [0.3, 0.4) is 0 Å². The SMILES string of the molecule is CCCCNC(=O)C(Cc1ccccc1)N(Cc1ccc(Cl)c(Cl)c1)C(=O)CN(c1ccc(C)c(C)c1)S(=O)(=O)c1ccc(C)cc1. The summed E-state index contributed by atoms with van der Waals surface area (Å²) in [4.78, 5) is 30.0. The van der Waals surface area contributed by atoms with Crippen LogP contribution >= 0.6 is 23.2 Å². The van der Waals surface area contributed by atoms with E-state index < -0.39 is 28.5 Å². The summed E-state index contributed by atoms with van der Waals surface area (Å²) >= 11 is 12.6. The van der Waals surface area contributed by atoms with Gasteiger partial charge in [-0.2, -0.15) is 0 Å². The molecule has 0 fully saturated rings. The second kappa shape index (κ2) is 16.3. The van der Waals surface area contributed by atoms with E-state index in [-0.39, 0.29) is 23.8 Å². The summed E-state index contributed by atoms with van der Waals surface area (Å²) < 4.78 is 29.6. The van der Waals surface area contributed by atoms with E-state index in [1.54, 1.807) is 42.5 Å². The highest BCUT2D eigenvalue weighted by Gasteiger charge is 2.34. The summed E-state index contributed by atoms with van der Waals surface area (Å²) in [5, 5.41) is 3.66. The molecule has 4 rings (SSSR count). The lowest BCUT2D eigenvalue weighted by Crippen LogP contribution is -2.53. The monoisotopic (exact) mass is 693 g/mol. The van der Waals surface area contributed by atoms with Gasteiger partial charge in [-0.05, 0) is 85.8 Å². The Balaban J connectivity index is 1.82. The third-order valence-electron chi connectivity index (χ3n) is 8.10. The van der Waals surface area contributed by atoms with Crippen LogP contribution in [-0.4, -0.2) is 44.3 Å². The summed E-state index contributed by atoms with van der Waals surface area (Å²) in [5.74, 6) is -0.869. The number of nitrogens with one attached hydrogen (secondary N) is 1. The lowest BCUT2D eigenvalue weighted by Gasteiger charge is -2.34. The van der Waals surface area contributed by atoms with Crippen LogP contribution in [0.2, 0.25) is 10.0 Å². The van der Waals surface area contributed by atoms with Gasteiger partial charge in [0, 0.05) is 19.5 Å². The van der Waals surface area contributed by atoms with Crippen LogP contribution in [0.4, 0.5) is 5.69 Å². The summed E-state index contributed by atoms with van der Waals surface area (Å²) in [5.41, 5.74) is 4.62. The first-order chi connectivity index (χ1) is 22.4. The summed E-state index contributed by atoms with van der Waals surface area (Å²) in [7, 11) is -4.19. The van der Waals surface area contributed by atoms with Crippen LogP contribution in [0.5, 0.6) is 0 Å². The number of sulfonamides is 1. The van der Waals surface area contributed by atoms with Crippen molar-refractivity contribution >= 4 is 50.7 Å². The molecule has 0 heterocycles. The van der Waals surface area contributed by atoms with E-state index in [0.29, 0.717) is 27.8 Å². The zero-order chi connectivity index (χ0) is 34.1. The fourth-order valence-electron chi connectivity index (χ4n) is 5.14. The van der Waals surface area contributed by atoms with Crippen LogP contribution in [0.15, 0.2) is 95.9 Å². The Morgan fingerprint density at radius 3 is 2.15 bits per heavy atom. The lowest BCUT2D eigenvalue weighted by atomic mass is 10.0. The van der Waals surface area contributed by atoms with E-state index in [9.17, 15) is 18.0 Å². The van der Waals surface area contributed by atoms with E-state index in [4.69, 9.17) is 23.2 Å². The van der Waals surface area contributed by atoms with Crippen molar-refractivity contribution in [3.05, 3.63) is 129 Å². The molecule has 0 aliphatic rings. The highest BCUT2D eigenvalue weighted by atomic mass is 35.5. The standard InChI is InChI=1S/C37H41Cl2N3O4S/c1-5-6-20-40-37(44)35(23-29-10-8-7-9-11-29)41(24-30-15-19-33(38)34(39)22-30)36(43)25-42(31-16-14-27(3)28(4)21-31)47(45,46)32-17-12-26(2)13-18-32/h7-19,21-22,35H,5-6,20,23-25H2,1-4H3,(H,40,44). The Kier molecular flexibility index (Phi) is 12.5. The Labute approximate surface area is 288 Å². The highest BCUT2D eigenvalue weighted by Crippen LogP contribution is 2.28. The maximum atomic E-state index is 14.6. The van der Waals surface area contributed by atoms with Gasteiger partial charge in [-0.25, -0.2) is 8.42 Å². The average Bonchev–Trinajstić information content (AvgIpc) is 3.05. The van der Waals surface area contributed by atoms with Crippen molar-refractivity contribution in [2.45, 2.75) is 64.4 Å². The Morgan fingerprint density at radius 2 is 1.51 bits per heavy atom. The number of carbonyl (C=O) groups excluding carboxylic acids is 2. The maximum Gasteiger partial charge on any atom is 0.264 e. The van der Waals surface area contributed by atoms with Crippen molar-refractivity contribution in [1.29, 1.82) is 0 Å². The number of benzene rings is 4. The number of hydrogen-bond donors (Lipinski definition) is 1. The molecule has 4 aromatic rings. The molecule has 10 heteroatoms. The second-order valence-electron chi connectivity index (χ2n) is 11.7. The number of unbranched alkanes of at least 4 members (excludes halogenated alkanes) is 1. The molecule has 47 heavy (non-hydrogen) atoms. The highest BCUT2D eigenvalue weighted by molar-refractivity contribution is 7.92. The molecule has 248 valence electrons. The molecular weight excluding hydrogens is 653 g/mol. The average molecular weight is 695 g/mol. The molecule has 0 radical (unpaired) electrons. The predicted molar refractivity (Wildman–Crippen MR) is 190 cm³/mol. The molecule has 0 aliphatic carbocycles. The van der Waals surface area contributed by atoms with Gasteiger partial charge in [0.25, 0.3) is 10.0 Å². The molecule has 1 unspecified atom stereocenters. The van der Waals surface area contributed by atoms with Gasteiger partial charge in [0.05, 0.1) is 20.6 Å². The Hall–Kier alpha value is -3.85.